The lowest BCUT2D eigenvalue weighted by atomic mass is 10.0. The van der Waals surface area contributed by atoms with E-state index in [4.69, 9.17) is 11.6 Å². The molecule has 0 bridgehead atoms. The fourth-order valence-corrected chi connectivity index (χ4v) is 1.28. The minimum absolute atomic E-state index is 0.0174. The molecule has 9 heavy (non-hydrogen) atoms. The molecule has 1 atom stereocenters. The van der Waals surface area contributed by atoms with E-state index in [0.717, 1.165) is 31.1 Å². The van der Waals surface area contributed by atoms with Crippen LogP contribution in [-0.4, -0.2) is 11.7 Å². The van der Waals surface area contributed by atoms with E-state index < -0.39 is 0 Å². The maximum absolute atomic E-state index is 10.2. The Kier molecular flexibility index (Phi) is 2.29. The summed E-state index contributed by atoms with van der Waals surface area (Å²) in [5.41, 5.74) is 0.767. The Morgan fingerprint density at radius 1 is 1.78 bits per heavy atom. The molecule has 0 aromatic carbocycles. The molecular weight excluding hydrogens is 136 g/mol. The Bertz CT molecular complexity index is 140. The molecule has 1 aliphatic carbocycles. The Balaban J connectivity index is 2.63. The number of allylic oxidation sites excluding steroid dienone is 2. The van der Waals surface area contributed by atoms with Crippen LogP contribution in [0.2, 0.25) is 0 Å². The van der Waals surface area contributed by atoms with Gasteiger partial charge in [-0.05, 0) is 19.3 Å². The molecule has 0 saturated carbocycles. The quantitative estimate of drug-likeness (QED) is 0.406. The Morgan fingerprint density at radius 3 is 3.00 bits per heavy atom. The van der Waals surface area contributed by atoms with Gasteiger partial charge in [-0.15, -0.1) is 11.6 Å². The lowest BCUT2D eigenvalue weighted by Gasteiger charge is -2.12. The van der Waals surface area contributed by atoms with E-state index in [1.165, 1.54) is 0 Å². The number of rotatable bonds is 1. The van der Waals surface area contributed by atoms with Gasteiger partial charge in [0.15, 0.2) is 0 Å². The Labute approximate surface area is 59.7 Å². The smallest absolute Gasteiger partial charge is 0.147 e. The van der Waals surface area contributed by atoms with Crippen LogP contribution >= 0.6 is 11.6 Å². The van der Waals surface area contributed by atoms with Gasteiger partial charge in [-0.25, -0.2) is 0 Å². The maximum Gasteiger partial charge on any atom is 0.147 e. The normalized spacial score (nSPS) is 27.2. The standard InChI is InChI=1S/C7H9ClO/c8-7-4-2-1-3-6(7)5-9/h3,5,7H,1-2,4H2. The van der Waals surface area contributed by atoms with Gasteiger partial charge in [-0.1, -0.05) is 6.08 Å². The Hall–Kier alpha value is -0.300. The van der Waals surface area contributed by atoms with Gasteiger partial charge in [0.25, 0.3) is 0 Å². The summed E-state index contributed by atoms with van der Waals surface area (Å²) >= 11 is 5.78. The fourth-order valence-electron chi connectivity index (χ4n) is 0.982. The zero-order chi connectivity index (χ0) is 6.69. The summed E-state index contributed by atoms with van der Waals surface area (Å²) in [5.74, 6) is 0. The van der Waals surface area contributed by atoms with Gasteiger partial charge in [-0.3, -0.25) is 4.79 Å². The van der Waals surface area contributed by atoms with Gasteiger partial charge >= 0.3 is 0 Å². The second-order valence-corrected chi connectivity index (χ2v) is 2.75. The fraction of sp³-hybridized carbons (Fsp3) is 0.571. The first-order valence-corrected chi connectivity index (χ1v) is 3.57. The summed E-state index contributed by atoms with van der Waals surface area (Å²) in [7, 11) is 0. The average Bonchev–Trinajstić information content (AvgIpc) is 1.89. The average molecular weight is 145 g/mol. The molecule has 0 aromatic rings. The molecule has 0 radical (unpaired) electrons. The zero-order valence-electron chi connectivity index (χ0n) is 5.14. The minimum Gasteiger partial charge on any atom is -0.298 e. The summed E-state index contributed by atoms with van der Waals surface area (Å²) in [4.78, 5) is 10.2. The number of halogens is 1. The monoisotopic (exact) mass is 144 g/mol. The number of hydrogen-bond donors (Lipinski definition) is 0. The zero-order valence-corrected chi connectivity index (χ0v) is 5.90. The maximum atomic E-state index is 10.2. The van der Waals surface area contributed by atoms with Crippen LogP contribution in [-0.2, 0) is 4.79 Å². The van der Waals surface area contributed by atoms with Crippen LogP contribution in [0.1, 0.15) is 19.3 Å². The van der Waals surface area contributed by atoms with Crippen LogP contribution < -0.4 is 0 Å². The molecule has 0 spiro atoms. The van der Waals surface area contributed by atoms with E-state index in [2.05, 4.69) is 0 Å². The molecular formula is C7H9ClO. The number of carbonyl (C=O) groups is 1. The molecule has 0 fully saturated rings. The molecule has 1 nitrogen and oxygen atoms in total. The first-order chi connectivity index (χ1) is 4.34. The summed E-state index contributed by atoms with van der Waals surface area (Å²) in [6, 6.07) is 0. The van der Waals surface area contributed by atoms with Crippen molar-refractivity contribution in [1.82, 2.24) is 0 Å². The summed E-state index contributed by atoms with van der Waals surface area (Å²) in [6.45, 7) is 0. The topological polar surface area (TPSA) is 17.1 Å². The molecule has 0 amide bonds. The van der Waals surface area contributed by atoms with E-state index in [-0.39, 0.29) is 5.38 Å². The van der Waals surface area contributed by atoms with Gasteiger partial charge in [0.05, 0.1) is 5.38 Å². The molecule has 50 valence electrons. The third-order valence-electron chi connectivity index (χ3n) is 1.54. The van der Waals surface area contributed by atoms with Crippen molar-refractivity contribution in [2.24, 2.45) is 0 Å². The third-order valence-corrected chi connectivity index (χ3v) is 2.01. The molecule has 1 aliphatic rings. The summed E-state index contributed by atoms with van der Waals surface area (Å²) < 4.78 is 0. The Morgan fingerprint density at radius 2 is 2.56 bits per heavy atom. The second-order valence-electron chi connectivity index (χ2n) is 2.22. The van der Waals surface area contributed by atoms with Crippen LogP contribution in [0.5, 0.6) is 0 Å². The molecule has 1 rings (SSSR count). The number of hydrogen-bond acceptors (Lipinski definition) is 1. The molecule has 0 saturated heterocycles. The third kappa shape index (κ3) is 1.55. The van der Waals surface area contributed by atoms with E-state index >= 15 is 0 Å². The number of carbonyl (C=O) groups excluding carboxylic acids is 1. The van der Waals surface area contributed by atoms with Gasteiger partial charge < -0.3 is 0 Å². The highest BCUT2D eigenvalue weighted by molar-refractivity contribution is 6.24. The lowest BCUT2D eigenvalue weighted by Crippen LogP contribution is -2.08. The van der Waals surface area contributed by atoms with Crippen LogP contribution in [0, 0.1) is 0 Å². The van der Waals surface area contributed by atoms with Crippen molar-refractivity contribution in [1.29, 1.82) is 0 Å². The highest BCUT2D eigenvalue weighted by Gasteiger charge is 2.12. The van der Waals surface area contributed by atoms with Crippen molar-refractivity contribution >= 4 is 17.9 Å². The van der Waals surface area contributed by atoms with E-state index in [9.17, 15) is 4.79 Å². The predicted octanol–water partition coefficient (Wildman–Crippen LogP) is 1.90. The van der Waals surface area contributed by atoms with Crippen LogP contribution in [0.25, 0.3) is 0 Å². The van der Waals surface area contributed by atoms with E-state index in [1.54, 1.807) is 0 Å². The highest BCUT2D eigenvalue weighted by atomic mass is 35.5. The highest BCUT2D eigenvalue weighted by Crippen LogP contribution is 2.21. The molecule has 2 heteroatoms. The molecule has 0 N–H and O–H groups in total. The predicted molar refractivity (Wildman–Crippen MR) is 37.6 cm³/mol. The number of aldehydes is 1. The summed E-state index contributed by atoms with van der Waals surface area (Å²) in [6.07, 6.45) is 5.86. The number of alkyl halides is 1. The lowest BCUT2D eigenvalue weighted by molar-refractivity contribution is -0.105. The first kappa shape index (κ1) is 6.81. The first-order valence-electron chi connectivity index (χ1n) is 3.14. The summed E-state index contributed by atoms with van der Waals surface area (Å²) in [5, 5.41) is -0.0174. The van der Waals surface area contributed by atoms with Crippen molar-refractivity contribution in [3.8, 4) is 0 Å². The SMILES string of the molecule is O=CC1=CCCCC1Cl. The van der Waals surface area contributed by atoms with E-state index in [0.29, 0.717) is 0 Å². The van der Waals surface area contributed by atoms with Gasteiger partial charge in [0.2, 0.25) is 0 Å². The second kappa shape index (κ2) is 3.02. The van der Waals surface area contributed by atoms with Crippen LogP contribution in [0.15, 0.2) is 11.6 Å². The van der Waals surface area contributed by atoms with Crippen LogP contribution in [0.4, 0.5) is 0 Å². The van der Waals surface area contributed by atoms with Crippen molar-refractivity contribution in [3.63, 3.8) is 0 Å². The van der Waals surface area contributed by atoms with Crippen molar-refractivity contribution < 1.29 is 4.79 Å². The van der Waals surface area contributed by atoms with Gasteiger partial charge in [0, 0.05) is 5.57 Å². The van der Waals surface area contributed by atoms with Crippen molar-refractivity contribution in [2.75, 3.05) is 0 Å². The van der Waals surface area contributed by atoms with Crippen LogP contribution in [0.3, 0.4) is 0 Å². The van der Waals surface area contributed by atoms with Crippen molar-refractivity contribution in [2.45, 2.75) is 24.6 Å². The molecule has 1 unspecified atom stereocenters. The largest absolute Gasteiger partial charge is 0.298 e. The molecule has 0 aliphatic heterocycles. The molecule has 0 aromatic heterocycles. The van der Waals surface area contributed by atoms with E-state index in [1.807, 2.05) is 6.08 Å². The van der Waals surface area contributed by atoms with Crippen molar-refractivity contribution in [3.05, 3.63) is 11.6 Å². The minimum atomic E-state index is -0.0174. The van der Waals surface area contributed by atoms with Gasteiger partial charge in [0.1, 0.15) is 6.29 Å². The molecule has 0 heterocycles. The van der Waals surface area contributed by atoms with Gasteiger partial charge in [-0.2, -0.15) is 0 Å².